The summed E-state index contributed by atoms with van der Waals surface area (Å²) in [5.41, 5.74) is 2.36. The number of nitrogens with one attached hydrogen (secondary N) is 1. The van der Waals surface area contributed by atoms with Gasteiger partial charge in [-0.25, -0.2) is 4.98 Å². The van der Waals surface area contributed by atoms with Gasteiger partial charge in [-0.1, -0.05) is 63.2 Å². The van der Waals surface area contributed by atoms with Gasteiger partial charge in [-0.05, 0) is 16.7 Å². The zero-order chi connectivity index (χ0) is 19.2. The number of hydrogen-bond acceptors (Lipinski definition) is 3. The van der Waals surface area contributed by atoms with Crippen molar-refractivity contribution in [2.45, 2.75) is 27.3 Å². The molecule has 0 saturated carbocycles. The highest BCUT2D eigenvalue weighted by molar-refractivity contribution is 5.95. The van der Waals surface area contributed by atoms with Crippen LogP contribution in [0.5, 0.6) is 0 Å². The summed E-state index contributed by atoms with van der Waals surface area (Å²) in [6, 6.07) is 14.9. The van der Waals surface area contributed by atoms with Crippen LogP contribution in [0.3, 0.4) is 0 Å². The number of nitrogens with zero attached hydrogens (tertiary/aromatic N) is 3. The van der Waals surface area contributed by atoms with E-state index in [2.05, 4.69) is 91.3 Å². The third-order valence-corrected chi connectivity index (χ3v) is 4.55. The molecule has 2 heterocycles. The Morgan fingerprint density at radius 2 is 1.67 bits per heavy atom. The predicted molar refractivity (Wildman–Crippen MR) is 115 cm³/mol. The summed E-state index contributed by atoms with van der Waals surface area (Å²) in [5.74, 6) is 1.88. The minimum atomic E-state index is 0.833. The average Bonchev–Trinajstić information content (AvgIpc) is 3.01. The smallest absolute Gasteiger partial charge is 0.140 e. The largest absolute Gasteiger partial charge is 0.334 e. The van der Waals surface area contributed by atoms with Crippen molar-refractivity contribution in [3.8, 4) is 11.4 Å². The SMILES string of the molecule is CC(C)C.Cn1cc(CN2CCNCC2)nc1-c1cccc2ccccc12. The number of benzene rings is 2. The van der Waals surface area contributed by atoms with Crippen LogP contribution < -0.4 is 5.32 Å². The van der Waals surface area contributed by atoms with Gasteiger partial charge in [-0.15, -0.1) is 0 Å². The fourth-order valence-corrected chi connectivity index (χ4v) is 3.37. The summed E-state index contributed by atoms with van der Waals surface area (Å²) in [4.78, 5) is 7.39. The van der Waals surface area contributed by atoms with Crippen molar-refractivity contribution >= 4 is 10.8 Å². The molecule has 0 unspecified atom stereocenters. The third-order valence-electron chi connectivity index (χ3n) is 4.55. The molecule has 1 saturated heterocycles. The number of aryl methyl sites for hydroxylation is 1. The Kier molecular flexibility index (Phi) is 6.64. The Labute approximate surface area is 163 Å². The van der Waals surface area contributed by atoms with Crippen molar-refractivity contribution in [1.29, 1.82) is 0 Å². The Balaban J connectivity index is 0.000000481. The maximum Gasteiger partial charge on any atom is 0.140 e. The minimum absolute atomic E-state index is 0.833. The Morgan fingerprint density at radius 1 is 1.00 bits per heavy atom. The zero-order valence-corrected chi connectivity index (χ0v) is 17.1. The molecule has 0 amide bonds. The van der Waals surface area contributed by atoms with Gasteiger partial charge in [-0.3, -0.25) is 4.90 Å². The molecule has 27 heavy (non-hydrogen) atoms. The van der Waals surface area contributed by atoms with Gasteiger partial charge in [0.25, 0.3) is 0 Å². The maximum atomic E-state index is 4.93. The van der Waals surface area contributed by atoms with Crippen LogP contribution >= 0.6 is 0 Å². The first-order valence-corrected chi connectivity index (χ1v) is 9.98. The number of hydrogen-bond donors (Lipinski definition) is 1. The van der Waals surface area contributed by atoms with E-state index in [-0.39, 0.29) is 0 Å². The van der Waals surface area contributed by atoms with Gasteiger partial charge in [-0.2, -0.15) is 0 Å². The van der Waals surface area contributed by atoms with Crippen molar-refractivity contribution in [3.05, 3.63) is 54.4 Å². The summed E-state index contributed by atoms with van der Waals surface area (Å²) < 4.78 is 2.15. The molecule has 0 atom stereocenters. The van der Waals surface area contributed by atoms with Crippen LogP contribution in [0, 0.1) is 5.92 Å². The molecule has 144 valence electrons. The number of piperazine rings is 1. The average molecular weight is 365 g/mol. The van der Waals surface area contributed by atoms with Crippen LogP contribution in [-0.2, 0) is 13.6 Å². The highest BCUT2D eigenvalue weighted by Gasteiger charge is 2.14. The Bertz CT molecular complexity index is 852. The number of aromatic nitrogens is 2. The van der Waals surface area contributed by atoms with Crippen LogP contribution in [0.4, 0.5) is 0 Å². The molecule has 0 aliphatic carbocycles. The monoisotopic (exact) mass is 364 g/mol. The van der Waals surface area contributed by atoms with E-state index >= 15 is 0 Å². The summed E-state index contributed by atoms with van der Waals surface area (Å²) in [6.07, 6.45) is 2.17. The molecule has 4 nitrogen and oxygen atoms in total. The molecule has 1 aliphatic heterocycles. The van der Waals surface area contributed by atoms with E-state index in [0.717, 1.165) is 50.2 Å². The highest BCUT2D eigenvalue weighted by Crippen LogP contribution is 2.27. The second-order valence-corrected chi connectivity index (χ2v) is 7.95. The van der Waals surface area contributed by atoms with Gasteiger partial charge >= 0.3 is 0 Å². The van der Waals surface area contributed by atoms with Gasteiger partial charge in [0.2, 0.25) is 0 Å². The summed E-state index contributed by atoms with van der Waals surface area (Å²) >= 11 is 0. The van der Waals surface area contributed by atoms with Crippen LogP contribution in [-0.4, -0.2) is 40.6 Å². The van der Waals surface area contributed by atoms with Gasteiger partial charge in [0.1, 0.15) is 5.82 Å². The van der Waals surface area contributed by atoms with Crippen LogP contribution in [0.25, 0.3) is 22.2 Å². The van der Waals surface area contributed by atoms with E-state index in [0.29, 0.717) is 0 Å². The first-order chi connectivity index (χ1) is 13.0. The predicted octanol–water partition coefficient (Wildman–Crippen LogP) is 4.31. The summed E-state index contributed by atoms with van der Waals surface area (Å²) in [5, 5.41) is 5.92. The molecule has 4 heteroatoms. The molecule has 0 bridgehead atoms. The van der Waals surface area contributed by atoms with E-state index in [9.17, 15) is 0 Å². The topological polar surface area (TPSA) is 33.1 Å². The van der Waals surface area contributed by atoms with Gasteiger partial charge in [0.15, 0.2) is 0 Å². The second kappa shape index (κ2) is 9.16. The first kappa shape index (κ1) is 19.6. The standard InChI is InChI=1S/C19H22N4.C4H10/c1-22-13-16(14-23-11-9-20-10-12-23)21-19(22)18-8-4-6-15-5-2-3-7-17(15)18;1-4(2)3/h2-8,13,20H,9-12,14H2,1H3;4H,1-3H3. The molecule has 1 N–H and O–H groups in total. The highest BCUT2D eigenvalue weighted by atomic mass is 15.2. The van der Waals surface area contributed by atoms with Crippen molar-refractivity contribution in [3.63, 3.8) is 0 Å². The van der Waals surface area contributed by atoms with E-state index in [1.807, 2.05) is 0 Å². The normalized spacial score (nSPS) is 15.0. The van der Waals surface area contributed by atoms with Gasteiger partial charge in [0.05, 0.1) is 5.69 Å². The molecule has 1 aliphatic rings. The molecule has 1 aromatic heterocycles. The van der Waals surface area contributed by atoms with Crippen LogP contribution in [0.1, 0.15) is 26.5 Å². The molecular weight excluding hydrogens is 332 g/mol. The maximum absolute atomic E-state index is 4.93. The Hall–Kier alpha value is -2.17. The van der Waals surface area contributed by atoms with Crippen molar-refractivity contribution in [2.75, 3.05) is 26.2 Å². The first-order valence-electron chi connectivity index (χ1n) is 9.98. The molecule has 2 aromatic carbocycles. The summed E-state index contributed by atoms with van der Waals surface area (Å²) in [6.45, 7) is 11.8. The molecule has 4 rings (SSSR count). The van der Waals surface area contributed by atoms with E-state index in [1.54, 1.807) is 0 Å². The summed E-state index contributed by atoms with van der Waals surface area (Å²) in [7, 11) is 2.09. The van der Waals surface area contributed by atoms with Crippen LogP contribution in [0.2, 0.25) is 0 Å². The van der Waals surface area contributed by atoms with Crippen molar-refractivity contribution < 1.29 is 0 Å². The lowest BCUT2D eigenvalue weighted by Gasteiger charge is -2.26. The molecule has 0 spiro atoms. The molecule has 1 fully saturated rings. The van der Waals surface area contributed by atoms with Crippen molar-refractivity contribution in [1.82, 2.24) is 19.8 Å². The molecular formula is C23H32N4. The lowest BCUT2D eigenvalue weighted by atomic mass is 10.0. The van der Waals surface area contributed by atoms with E-state index in [1.165, 1.54) is 16.3 Å². The van der Waals surface area contributed by atoms with Crippen LogP contribution in [0.15, 0.2) is 48.7 Å². The van der Waals surface area contributed by atoms with E-state index < -0.39 is 0 Å². The van der Waals surface area contributed by atoms with E-state index in [4.69, 9.17) is 4.98 Å². The molecule has 3 aromatic rings. The fraction of sp³-hybridized carbons (Fsp3) is 0.435. The second-order valence-electron chi connectivity index (χ2n) is 7.95. The molecule has 0 radical (unpaired) electrons. The van der Waals surface area contributed by atoms with Gasteiger partial charge in [0, 0.05) is 51.5 Å². The number of imidazole rings is 1. The quantitative estimate of drug-likeness (QED) is 0.752. The number of rotatable bonds is 3. The number of fused-ring (bicyclic) bond motifs is 1. The van der Waals surface area contributed by atoms with Gasteiger partial charge < -0.3 is 9.88 Å². The third kappa shape index (κ3) is 5.18. The lowest BCUT2D eigenvalue weighted by molar-refractivity contribution is 0.231. The van der Waals surface area contributed by atoms with Crippen molar-refractivity contribution in [2.24, 2.45) is 13.0 Å². The Morgan fingerprint density at radius 3 is 2.41 bits per heavy atom. The zero-order valence-electron chi connectivity index (χ0n) is 17.1. The fourth-order valence-electron chi connectivity index (χ4n) is 3.37. The lowest BCUT2D eigenvalue weighted by Crippen LogP contribution is -2.42. The minimum Gasteiger partial charge on any atom is -0.334 e.